The zero-order valence-corrected chi connectivity index (χ0v) is 10.3. The number of hydrogen-bond donors (Lipinski definition) is 4. The van der Waals surface area contributed by atoms with Crippen LogP contribution in [0.25, 0.3) is 0 Å². The fraction of sp³-hybridized carbons (Fsp3) is 0.800. The van der Waals surface area contributed by atoms with Crippen LogP contribution in [0.3, 0.4) is 0 Å². The van der Waals surface area contributed by atoms with E-state index in [4.69, 9.17) is 14.9 Å². The lowest BCUT2D eigenvalue weighted by Gasteiger charge is -2.23. The van der Waals surface area contributed by atoms with Crippen molar-refractivity contribution in [2.45, 2.75) is 31.9 Å². The summed E-state index contributed by atoms with van der Waals surface area (Å²) in [6.07, 6.45) is -0.0313. The molecule has 1 unspecified atom stereocenters. The van der Waals surface area contributed by atoms with Gasteiger partial charge >= 0.3 is 12.0 Å². The van der Waals surface area contributed by atoms with E-state index in [0.717, 1.165) is 0 Å². The molecule has 17 heavy (non-hydrogen) atoms. The molecule has 100 valence electrons. The molecule has 4 N–H and O–H groups in total. The second-order valence-electron chi connectivity index (χ2n) is 4.19. The van der Waals surface area contributed by atoms with Crippen LogP contribution < -0.4 is 10.6 Å². The minimum Gasteiger partial charge on any atom is -0.480 e. The summed E-state index contributed by atoms with van der Waals surface area (Å²) in [6.45, 7) is 3.52. The van der Waals surface area contributed by atoms with E-state index in [0.29, 0.717) is 0 Å². The number of aliphatic carboxylic acids is 1. The number of aliphatic hydroxyl groups excluding tert-OH is 1. The van der Waals surface area contributed by atoms with Crippen molar-refractivity contribution in [3.05, 3.63) is 0 Å². The lowest BCUT2D eigenvalue weighted by Crippen LogP contribution is -2.49. The molecule has 0 spiro atoms. The first kappa shape index (κ1) is 15.7. The third-order valence-electron chi connectivity index (χ3n) is 2.25. The number of ether oxygens (including phenoxy) is 1. The predicted molar refractivity (Wildman–Crippen MR) is 60.7 cm³/mol. The molecule has 0 aliphatic carbocycles. The topological polar surface area (TPSA) is 108 Å². The number of rotatable bonds is 7. The molecular weight excluding hydrogens is 228 g/mol. The van der Waals surface area contributed by atoms with Crippen LogP contribution in [0.5, 0.6) is 0 Å². The molecule has 1 atom stereocenters. The Kier molecular flexibility index (Phi) is 6.52. The average molecular weight is 248 g/mol. The Hall–Kier alpha value is -1.34. The summed E-state index contributed by atoms with van der Waals surface area (Å²) in [7, 11) is 1.52. The van der Waals surface area contributed by atoms with Crippen LogP contribution in [0.1, 0.15) is 20.3 Å². The van der Waals surface area contributed by atoms with E-state index in [2.05, 4.69) is 10.6 Å². The number of hydrogen-bond acceptors (Lipinski definition) is 4. The molecule has 0 aromatic rings. The van der Waals surface area contributed by atoms with Crippen molar-refractivity contribution in [1.29, 1.82) is 0 Å². The second kappa shape index (κ2) is 7.08. The van der Waals surface area contributed by atoms with Gasteiger partial charge in [0, 0.05) is 26.7 Å². The van der Waals surface area contributed by atoms with Crippen LogP contribution in [0.4, 0.5) is 4.79 Å². The SMILES string of the molecule is COC(C)(C)CNC(=O)NC(CCO)C(=O)O. The van der Waals surface area contributed by atoms with Crippen molar-refractivity contribution in [3.8, 4) is 0 Å². The highest BCUT2D eigenvalue weighted by molar-refractivity contribution is 5.82. The third-order valence-corrected chi connectivity index (χ3v) is 2.25. The number of carboxylic acid groups (broad SMARTS) is 1. The summed E-state index contributed by atoms with van der Waals surface area (Å²) < 4.78 is 5.09. The number of carboxylic acids is 1. The predicted octanol–water partition coefficient (Wildman–Crippen LogP) is -0.454. The molecule has 0 fully saturated rings. The lowest BCUT2D eigenvalue weighted by atomic mass is 10.1. The maximum Gasteiger partial charge on any atom is 0.326 e. The molecule has 0 aliphatic heterocycles. The molecule has 0 aromatic heterocycles. The Morgan fingerprint density at radius 1 is 1.41 bits per heavy atom. The Balaban J connectivity index is 4.11. The largest absolute Gasteiger partial charge is 0.480 e. The zero-order chi connectivity index (χ0) is 13.5. The van der Waals surface area contributed by atoms with Gasteiger partial charge in [0.2, 0.25) is 0 Å². The Labute approximate surface area is 100 Å². The number of aliphatic hydroxyl groups is 1. The molecule has 0 saturated heterocycles. The first-order chi connectivity index (χ1) is 7.82. The van der Waals surface area contributed by atoms with Crippen molar-refractivity contribution in [2.24, 2.45) is 0 Å². The molecule has 0 rings (SSSR count). The van der Waals surface area contributed by atoms with Crippen molar-refractivity contribution in [1.82, 2.24) is 10.6 Å². The fourth-order valence-corrected chi connectivity index (χ4v) is 0.961. The van der Waals surface area contributed by atoms with Crippen molar-refractivity contribution < 1.29 is 24.5 Å². The van der Waals surface area contributed by atoms with E-state index in [9.17, 15) is 9.59 Å². The summed E-state index contributed by atoms with van der Waals surface area (Å²) in [5, 5.41) is 22.1. The molecule has 0 aliphatic rings. The van der Waals surface area contributed by atoms with E-state index in [1.807, 2.05) is 0 Å². The van der Waals surface area contributed by atoms with Gasteiger partial charge in [-0.2, -0.15) is 0 Å². The summed E-state index contributed by atoms with van der Waals surface area (Å²) in [4.78, 5) is 22.1. The number of amides is 2. The highest BCUT2D eigenvalue weighted by atomic mass is 16.5. The van der Waals surface area contributed by atoms with Crippen LogP contribution in [0, 0.1) is 0 Å². The van der Waals surface area contributed by atoms with E-state index in [-0.39, 0.29) is 19.6 Å². The van der Waals surface area contributed by atoms with Crippen molar-refractivity contribution in [2.75, 3.05) is 20.3 Å². The van der Waals surface area contributed by atoms with E-state index < -0.39 is 23.6 Å². The highest BCUT2D eigenvalue weighted by Crippen LogP contribution is 2.04. The minimum atomic E-state index is -1.18. The number of urea groups is 1. The fourth-order valence-electron chi connectivity index (χ4n) is 0.961. The van der Waals surface area contributed by atoms with Gasteiger partial charge in [0.25, 0.3) is 0 Å². The van der Waals surface area contributed by atoms with Gasteiger partial charge in [-0.25, -0.2) is 9.59 Å². The van der Waals surface area contributed by atoms with Crippen LogP contribution in [-0.2, 0) is 9.53 Å². The second-order valence-corrected chi connectivity index (χ2v) is 4.19. The maximum absolute atomic E-state index is 11.4. The molecule has 0 saturated carbocycles. The Morgan fingerprint density at radius 2 is 2.00 bits per heavy atom. The maximum atomic E-state index is 11.4. The molecule has 7 nitrogen and oxygen atoms in total. The minimum absolute atomic E-state index is 0.0313. The normalized spacial score (nSPS) is 12.9. The molecular formula is C10H20N2O5. The Morgan fingerprint density at radius 3 is 2.41 bits per heavy atom. The van der Waals surface area contributed by atoms with Gasteiger partial charge in [-0.05, 0) is 13.8 Å². The van der Waals surface area contributed by atoms with Crippen molar-refractivity contribution in [3.63, 3.8) is 0 Å². The number of carbonyl (C=O) groups is 2. The van der Waals surface area contributed by atoms with Crippen molar-refractivity contribution >= 4 is 12.0 Å². The molecule has 0 heterocycles. The molecule has 0 aromatic carbocycles. The van der Waals surface area contributed by atoms with E-state index >= 15 is 0 Å². The van der Waals surface area contributed by atoms with Gasteiger partial charge in [0.05, 0.1) is 5.60 Å². The van der Waals surface area contributed by atoms with Gasteiger partial charge in [-0.1, -0.05) is 0 Å². The molecule has 7 heteroatoms. The van der Waals surface area contributed by atoms with Gasteiger partial charge in [0.15, 0.2) is 0 Å². The van der Waals surface area contributed by atoms with Crippen LogP contribution in [-0.4, -0.2) is 54.1 Å². The van der Waals surface area contributed by atoms with E-state index in [1.54, 1.807) is 13.8 Å². The van der Waals surface area contributed by atoms with E-state index in [1.165, 1.54) is 7.11 Å². The highest BCUT2D eigenvalue weighted by Gasteiger charge is 2.21. The van der Waals surface area contributed by atoms with Gasteiger partial charge in [-0.3, -0.25) is 0 Å². The first-order valence-electron chi connectivity index (χ1n) is 5.25. The first-order valence-corrected chi connectivity index (χ1v) is 5.25. The lowest BCUT2D eigenvalue weighted by molar-refractivity contribution is -0.139. The smallest absolute Gasteiger partial charge is 0.326 e. The molecule has 0 bridgehead atoms. The van der Waals surface area contributed by atoms with Gasteiger partial charge < -0.3 is 25.6 Å². The third kappa shape index (κ3) is 6.75. The monoisotopic (exact) mass is 248 g/mol. The standard InChI is InChI=1S/C10H20N2O5/c1-10(2,17-3)6-11-9(16)12-7(4-5-13)8(14)15/h7,13H,4-6H2,1-3H3,(H,14,15)(H2,11,12,16). The van der Waals surface area contributed by atoms with Crippen LogP contribution in [0.15, 0.2) is 0 Å². The zero-order valence-electron chi connectivity index (χ0n) is 10.3. The summed E-state index contributed by atoms with van der Waals surface area (Å²) in [6, 6.07) is -1.69. The summed E-state index contributed by atoms with van der Waals surface area (Å²) in [5.41, 5.74) is -0.521. The summed E-state index contributed by atoms with van der Waals surface area (Å²) >= 11 is 0. The van der Waals surface area contributed by atoms with Crippen LogP contribution >= 0.6 is 0 Å². The van der Waals surface area contributed by atoms with Gasteiger partial charge in [0.1, 0.15) is 6.04 Å². The number of nitrogens with one attached hydrogen (secondary N) is 2. The number of methoxy groups -OCH3 is 1. The summed E-state index contributed by atoms with van der Waals surface area (Å²) in [5.74, 6) is -1.18. The van der Waals surface area contributed by atoms with Gasteiger partial charge in [-0.15, -0.1) is 0 Å². The van der Waals surface area contributed by atoms with Crippen LogP contribution in [0.2, 0.25) is 0 Å². The quantitative estimate of drug-likeness (QED) is 0.488. The molecule has 2 amide bonds. The molecule has 0 radical (unpaired) electrons. The number of carbonyl (C=O) groups excluding carboxylic acids is 1. The average Bonchev–Trinajstić information content (AvgIpc) is 2.26. The Bertz CT molecular complexity index is 267.